The topological polar surface area (TPSA) is 38.0 Å². The van der Waals surface area contributed by atoms with Crippen molar-refractivity contribution in [3.8, 4) is 0 Å². The van der Waals surface area contributed by atoms with Crippen molar-refractivity contribution >= 4 is 0 Å². The van der Waals surface area contributed by atoms with Crippen molar-refractivity contribution in [1.82, 2.24) is 5.43 Å². The standard InChI is InChI=1S/C13H21FN2/c1-8-6-9(2)11(10(14)7-8)12(16-15)13(3,4)5/h6-7,12,16H,15H2,1-5H3. The first-order valence-electron chi connectivity index (χ1n) is 5.50. The molecule has 0 aliphatic carbocycles. The van der Waals surface area contributed by atoms with Crippen LogP contribution < -0.4 is 11.3 Å². The van der Waals surface area contributed by atoms with Gasteiger partial charge in [0, 0.05) is 5.56 Å². The van der Waals surface area contributed by atoms with Gasteiger partial charge in [-0.3, -0.25) is 11.3 Å². The molecule has 16 heavy (non-hydrogen) atoms. The molecule has 0 aliphatic rings. The average Bonchev–Trinajstić information content (AvgIpc) is 2.08. The first-order valence-corrected chi connectivity index (χ1v) is 5.50. The van der Waals surface area contributed by atoms with Crippen LogP contribution in [0.25, 0.3) is 0 Å². The van der Waals surface area contributed by atoms with Crippen LogP contribution in [0.5, 0.6) is 0 Å². The van der Waals surface area contributed by atoms with Gasteiger partial charge in [0.15, 0.2) is 0 Å². The number of benzene rings is 1. The molecule has 0 spiro atoms. The highest BCUT2D eigenvalue weighted by molar-refractivity contribution is 5.35. The quantitative estimate of drug-likeness (QED) is 0.598. The second-order valence-corrected chi connectivity index (χ2v) is 5.44. The molecule has 0 fully saturated rings. The van der Waals surface area contributed by atoms with Crippen LogP contribution >= 0.6 is 0 Å². The molecule has 0 radical (unpaired) electrons. The molecular formula is C13H21FN2. The third-order valence-corrected chi connectivity index (χ3v) is 2.80. The number of nitrogens with one attached hydrogen (secondary N) is 1. The summed E-state index contributed by atoms with van der Waals surface area (Å²) in [7, 11) is 0. The van der Waals surface area contributed by atoms with Gasteiger partial charge in [0.1, 0.15) is 5.82 Å². The molecule has 0 aromatic heterocycles. The Hall–Kier alpha value is -0.930. The largest absolute Gasteiger partial charge is 0.271 e. The number of rotatable bonds is 2. The first kappa shape index (κ1) is 13.1. The summed E-state index contributed by atoms with van der Waals surface area (Å²) in [4.78, 5) is 0. The minimum atomic E-state index is -0.187. The summed E-state index contributed by atoms with van der Waals surface area (Å²) in [6, 6.07) is 3.35. The Labute approximate surface area is 97.0 Å². The molecule has 90 valence electrons. The van der Waals surface area contributed by atoms with Crippen LogP contribution in [0.15, 0.2) is 12.1 Å². The molecule has 3 heteroatoms. The highest BCUT2D eigenvalue weighted by Crippen LogP contribution is 2.35. The number of hydrogen-bond acceptors (Lipinski definition) is 2. The minimum absolute atomic E-state index is 0.129. The van der Waals surface area contributed by atoms with Gasteiger partial charge in [-0.05, 0) is 36.5 Å². The van der Waals surface area contributed by atoms with E-state index in [1.54, 1.807) is 6.07 Å². The van der Waals surface area contributed by atoms with Gasteiger partial charge in [-0.15, -0.1) is 0 Å². The second-order valence-electron chi connectivity index (χ2n) is 5.44. The molecule has 1 rings (SSSR count). The number of halogens is 1. The molecule has 3 N–H and O–H groups in total. The normalized spacial score (nSPS) is 13.9. The maximum atomic E-state index is 14.0. The molecule has 0 aliphatic heterocycles. The van der Waals surface area contributed by atoms with Gasteiger partial charge >= 0.3 is 0 Å². The highest BCUT2D eigenvalue weighted by Gasteiger charge is 2.28. The van der Waals surface area contributed by atoms with Crippen molar-refractivity contribution in [3.05, 3.63) is 34.6 Å². The number of nitrogens with two attached hydrogens (primary N) is 1. The molecule has 0 amide bonds. The molecule has 1 aromatic rings. The van der Waals surface area contributed by atoms with E-state index >= 15 is 0 Å². The fourth-order valence-corrected chi connectivity index (χ4v) is 2.06. The van der Waals surface area contributed by atoms with E-state index in [0.717, 1.165) is 11.1 Å². The van der Waals surface area contributed by atoms with E-state index in [0.29, 0.717) is 5.56 Å². The summed E-state index contributed by atoms with van der Waals surface area (Å²) < 4.78 is 14.0. The van der Waals surface area contributed by atoms with Crippen LogP contribution in [0.4, 0.5) is 4.39 Å². The smallest absolute Gasteiger partial charge is 0.128 e. The number of aryl methyl sites for hydroxylation is 2. The van der Waals surface area contributed by atoms with Gasteiger partial charge in [0.25, 0.3) is 0 Å². The fraction of sp³-hybridized carbons (Fsp3) is 0.538. The number of hydrazine groups is 1. The zero-order chi connectivity index (χ0) is 12.5. The molecule has 0 saturated carbocycles. The van der Waals surface area contributed by atoms with E-state index in [1.165, 1.54) is 0 Å². The summed E-state index contributed by atoms with van der Waals surface area (Å²) >= 11 is 0. The Balaban J connectivity index is 3.31. The van der Waals surface area contributed by atoms with Gasteiger partial charge in [-0.25, -0.2) is 4.39 Å². The molecule has 0 heterocycles. The lowest BCUT2D eigenvalue weighted by atomic mass is 9.80. The van der Waals surface area contributed by atoms with Crippen molar-refractivity contribution < 1.29 is 4.39 Å². The lowest BCUT2D eigenvalue weighted by Gasteiger charge is -2.32. The van der Waals surface area contributed by atoms with Crippen LogP contribution in [0.3, 0.4) is 0 Å². The number of hydrogen-bond donors (Lipinski definition) is 2. The Bertz CT molecular complexity index is 357. The molecule has 1 aromatic carbocycles. The zero-order valence-electron chi connectivity index (χ0n) is 10.7. The van der Waals surface area contributed by atoms with Crippen LogP contribution in [0, 0.1) is 25.1 Å². The molecule has 0 bridgehead atoms. The fourth-order valence-electron chi connectivity index (χ4n) is 2.06. The van der Waals surface area contributed by atoms with E-state index < -0.39 is 0 Å². The lowest BCUT2D eigenvalue weighted by Crippen LogP contribution is -2.38. The predicted octanol–water partition coefficient (Wildman–Crippen LogP) is 2.99. The molecule has 0 saturated heterocycles. The Morgan fingerprint density at radius 1 is 1.25 bits per heavy atom. The monoisotopic (exact) mass is 224 g/mol. The van der Waals surface area contributed by atoms with E-state index in [4.69, 9.17) is 5.84 Å². The van der Waals surface area contributed by atoms with Gasteiger partial charge in [0.2, 0.25) is 0 Å². The van der Waals surface area contributed by atoms with Crippen LogP contribution in [0.2, 0.25) is 0 Å². The summed E-state index contributed by atoms with van der Waals surface area (Å²) in [5.41, 5.74) is 5.13. The maximum absolute atomic E-state index is 14.0. The Morgan fingerprint density at radius 2 is 1.81 bits per heavy atom. The first-order chi connectivity index (χ1) is 7.27. The van der Waals surface area contributed by atoms with Crippen LogP contribution in [0.1, 0.15) is 43.5 Å². The minimum Gasteiger partial charge on any atom is -0.271 e. The molecule has 1 unspecified atom stereocenters. The van der Waals surface area contributed by atoms with Crippen molar-refractivity contribution in [2.45, 2.75) is 40.7 Å². The van der Waals surface area contributed by atoms with Crippen molar-refractivity contribution in [1.29, 1.82) is 0 Å². The molecule has 1 atom stereocenters. The predicted molar refractivity (Wildman–Crippen MR) is 65.4 cm³/mol. The van der Waals surface area contributed by atoms with Crippen molar-refractivity contribution in [2.24, 2.45) is 11.3 Å². The van der Waals surface area contributed by atoms with Crippen molar-refractivity contribution in [3.63, 3.8) is 0 Å². The SMILES string of the molecule is Cc1cc(C)c(C(NN)C(C)(C)C)c(F)c1. The lowest BCUT2D eigenvalue weighted by molar-refractivity contribution is 0.268. The Morgan fingerprint density at radius 3 is 2.19 bits per heavy atom. The zero-order valence-corrected chi connectivity index (χ0v) is 10.7. The second kappa shape index (κ2) is 4.52. The van der Waals surface area contributed by atoms with Gasteiger partial charge < -0.3 is 0 Å². The van der Waals surface area contributed by atoms with Crippen LogP contribution in [-0.2, 0) is 0 Å². The average molecular weight is 224 g/mol. The summed E-state index contributed by atoms with van der Waals surface area (Å²) in [6.45, 7) is 9.92. The maximum Gasteiger partial charge on any atom is 0.128 e. The summed E-state index contributed by atoms with van der Waals surface area (Å²) in [6.07, 6.45) is 0. The molecule has 2 nitrogen and oxygen atoms in total. The van der Waals surface area contributed by atoms with Crippen LogP contribution in [-0.4, -0.2) is 0 Å². The van der Waals surface area contributed by atoms with E-state index in [9.17, 15) is 4.39 Å². The summed E-state index contributed by atoms with van der Waals surface area (Å²) in [5, 5.41) is 0. The van der Waals surface area contributed by atoms with Gasteiger partial charge in [-0.2, -0.15) is 0 Å². The Kier molecular flexibility index (Phi) is 3.71. The molecular weight excluding hydrogens is 203 g/mol. The van der Waals surface area contributed by atoms with Gasteiger partial charge in [0.05, 0.1) is 6.04 Å². The van der Waals surface area contributed by atoms with Gasteiger partial charge in [-0.1, -0.05) is 26.8 Å². The third-order valence-electron chi connectivity index (χ3n) is 2.80. The van der Waals surface area contributed by atoms with E-state index in [2.05, 4.69) is 5.43 Å². The highest BCUT2D eigenvalue weighted by atomic mass is 19.1. The van der Waals surface area contributed by atoms with E-state index in [1.807, 2.05) is 40.7 Å². The third kappa shape index (κ3) is 2.60. The summed E-state index contributed by atoms with van der Waals surface area (Å²) in [5.74, 6) is 5.37. The van der Waals surface area contributed by atoms with E-state index in [-0.39, 0.29) is 17.3 Å². The van der Waals surface area contributed by atoms with Crippen molar-refractivity contribution in [2.75, 3.05) is 0 Å².